The first-order valence-electron chi connectivity index (χ1n) is 17.3. The van der Waals surface area contributed by atoms with Gasteiger partial charge in [-0.2, -0.15) is 0 Å². The Bertz CT molecular complexity index is 1830. The normalized spacial score (nSPS) is 12.1. The first-order chi connectivity index (χ1) is 24.7. The quantitative estimate of drug-likeness (QED) is 0.145. The molecule has 0 atom stereocenters. The second kappa shape index (κ2) is 17.3. The number of carbonyl (C=O) groups excluding carboxylic acids is 4. The van der Waals surface area contributed by atoms with E-state index in [-0.39, 0.29) is 31.4 Å². The average molecular weight is 699 g/mol. The molecular weight excluding hydrogens is 652 g/mol. The number of nitrogens with one attached hydrogen (secondary N) is 4. The number of fused-ring (bicyclic) bond motifs is 1. The summed E-state index contributed by atoms with van der Waals surface area (Å²) >= 11 is 0. The van der Waals surface area contributed by atoms with Crippen molar-refractivity contribution in [2.75, 3.05) is 40.4 Å². The van der Waals surface area contributed by atoms with Gasteiger partial charge in [0.15, 0.2) is 0 Å². The Kier molecular flexibility index (Phi) is 12.4. The summed E-state index contributed by atoms with van der Waals surface area (Å²) in [6.45, 7) is 5.18. The molecule has 5 rings (SSSR count). The zero-order valence-corrected chi connectivity index (χ0v) is 29.6. The highest BCUT2D eigenvalue weighted by atomic mass is 16.5. The fourth-order valence-corrected chi connectivity index (χ4v) is 6.35. The lowest BCUT2D eigenvalue weighted by Crippen LogP contribution is -2.40. The standard InChI is InChI=1S/C37H46N8O6/c1-5-17-45(35(47)21-41-37(49)51-4)23-33-39-19-31(43-33)29-16-15-26(27-9-7-8-10-28(27)29)24-11-13-25(14-12-24)30-18-38-32(42-30)22-44(6-2)34(46)20-40-36(48)50-3/h11-16,18-19H,5-10,17,20-23H2,1-4H3,(H,38,42)(H,39,43)(H,40,48)(H,41,49). The van der Waals surface area contributed by atoms with Crippen LogP contribution in [0, 0.1) is 0 Å². The second-order valence-electron chi connectivity index (χ2n) is 12.3. The van der Waals surface area contributed by atoms with Crippen LogP contribution in [0.3, 0.4) is 0 Å². The summed E-state index contributed by atoms with van der Waals surface area (Å²) in [6.07, 6.45) is 7.27. The van der Waals surface area contributed by atoms with Crippen molar-refractivity contribution >= 4 is 24.0 Å². The first-order valence-corrected chi connectivity index (χ1v) is 17.3. The predicted octanol–water partition coefficient (Wildman–Crippen LogP) is 4.81. The van der Waals surface area contributed by atoms with Gasteiger partial charge < -0.3 is 39.9 Å². The molecule has 0 fully saturated rings. The van der Waals surface area contributed by atoms with Crippen molar-refractivity contribution in [3.05, 3.63) is 71.6 Å². The van der Waals surface area contributed by atoms with Gasteiger partial charge >= 0.3 is 12.2 Å². The van der Waals surface area contributed by atoms with Crippen molar-refractivity contribution in [1.82, 2.24) is 40.4 Å². The van der Waals surface area contributed by atoms with E-state index in [0.29, 0.717) is 31.3 Å². The van der Waals surface area contributed by atoms with Crippen molar-refractivity contribution in [3.63, 3.8) is 0 Å². The van der Waals surface area contributed by atoms with E-state index < -0.39 is 12.2 Å². The zero-order valence-electron chi connectivity index (χ0n) is 29.6. The molecule has 4 amide bonds. The molecule has 4 N–H and O–H groups in total. The molecule has 0 radical (unpaired) electrons. The number of aromatic amines is 2. The number of H-pyrrole nitrogens is 2. The number of amides is 4. The van der Waals surface area contributed by atoms with Crippen LogP contribution < -0.4 is 10.6 Å². The molecule has 1 aliphatic carbocycles. The molecule has 0 saturated heterocycles. The van der Waals surface area contributed by atoms with Gasteiger partial charge in [0.25, 0.3) is 0 Å². The highest BCUT2D eigenvalue weighted by Gasteiger charge is 2.22. The van der Waals surface area contributed by atoms with E-state index in [1.54, 1.807) is 16.0 Å². The van der Waals surface area contributed by atoms with Crippen molar-refractivity contribution in [1.29, 1.82) is 0 Å². The molecule has 14 heteroatoms. The number of carbonyl (C=O) groups is 4. The highest BCUT2D eigenvalue weighted by Crippen LogP contribution is 2.38. The average Bonchev–Trinajstić information content (AvgIpc) is 3.84. The molecule has 51 heavy (non-hydrogen) atoms. The Labute approximate surface area is 297 Å². The van der Waals surface area contributed by atoms with E-state index in [0.717, 1.165) is 60.2 Å². The minimum Gasteiger partial charge on any atom is -0.453 e. The Hall–Kier alpha value is -5.66. The summed E-state index contributed by atoms with van der Waals surface area (Å²) in [6, 6.07) is 12.7. The van der Waals surface area contributed by atoms with Crippen LogP contribution in [-0.2, 0) is 45.0 Å². The third-order valence-corrected chi connectivity index (χ3v) is 8.99. The summed E-state index contributed by atoms with van der Waals surface area (Å²) in [7, 11) is 2.52. The minimum absolute atomic E-state index is 0.141. The maximum absolute atomic E-state index is 12.8. The van der Waals surface area contributed by atoms with Crippen molar-refractivity contribution in [3.8, 4) is 33.6 Å². The molecule has 0 bridgehead atoms. The summed E-state index contributed by atoms with van der Waals surface area (Å²) in [5, 5.41) is 4.88. The number of likely N-dealkylation sites (N-methyl/N-ethyl adjacent to an activating group) is 1. The summed E-state index contributed by atoms with van der Waals surface area (Å²) in [4.78, 5) is 67.4. The third-order valence-electron chi connectivity index (χ3n) is 8.99. The van der Waals surface area contributed by atoms with E-state index in [1.807, 2.05) is 20.0 Å². The van der Waals surface area contributed by atoms with E-state index in [9.17, 15) is 19.2 Å². The van der Waals surface area contributed by atoms with Gasteiger partial charge in [-0.05, 0) is 66.8 Å². The van der Waals surface area contributed by atoms with Gasteiger partial charge in [-0.15, -0.1) is 0 Å². The van der Waals surface area contributed by atoms with Gasteiger partial charge in [0.1, 0.15) is 24.7 Å². The first kappa shape index (κ1) is 36.6. The molecule has 4 aromatic rings. The van der Waals surface area contributed by atoms with Gasteiger partial charge in [0.05, 0.1) is 51.1 Å². The molecule has 270 valence electrons. The van der Waals surface area contributed by atoms with Gasteiger partial charge in [0, 0.05) is 18.7 Å². The molecule has 0 aliphatic heterocycles. The molecule has 0 saturated carbocycles. The Morgan fingerprint density at radius 2 is 1.22 bits per heavy atom. The lowest BCUT2D eigenvalue weighted by Gasteiger charge is -2.23. The Balaban J connectivity index is 1.29. The lowest BCUT2D eigenvalue weighted by atomic mass is 9.82. The summed E-state index contributed by atoms with van der Waals surface area (Å²) in [5.41, 5.74) is 8.86. The van der Waals surface area contributed by atoms with Crippen LogP contribution in [0.1, 0.15) is 55.9 Å². The Morgan fingerprint density at radius 3 is 1.80 bits per heavy atom. The molecular formula is C37H46N8O6. The number of imidazole rings is 2. The van der Waals surface area contributed by atoms with E-state index in [2.05, 4.69) is 76.4 Å². The fraction of sp³-hybridized carbons (Fsp3) is 0.405. The summed E-state index contributed by atoms with van der Waals surface area (Å²) in [5.74, 6) is 0.890. The maximum atomic E-state index is 12.8. The second-order valence-corrected chi connectivity index (χ2v) is 12.3. The lowest BCUT2D eigenvalue weighted by molar-refractivity contribution is -0.131. The molecule has 0 spiro atoms. The number of methoxy groups -OCH3 is 2. The van der Waals surface area contributed by atoms with Gasteiger partial charge in [0.2, 0.25) is 11.8 Å². The van der Waals surface area contributed by atoms with Crippen LogP contribution in [0.15, 0.2) is 48.8 Å². The number of hydrogen-bond acceptors (Lipinski definition) is 8. The van der Waals surface area contributed by atoms with Gasteiger partial charge in [-0.3, -0.25) is 9.59 Å². The highest BCUT2D eigenvalue weighted by molar-refractivity contribution is 5.83. The van der Waals surface area contributed by atoms with Crippen molar-refractivity contribution in [2.24, 2.45) is 0 Å². The van der Waals surface area contributed by atoms with Crippen LogP contribution in [0.2, 0.25) is 0 Å². The SMILES string of the molecule is CCCN(Cc1ncc(-c2ccc(-c3ccc(-c4cnc(CN(CC)C(=O)CNC(=O)OC)[nH]4)cc3)c3c2CCCC3)[nH]1)C(=O)CNC(=O)OC. The monoisotopic (exact) mass is 698 g/mol. The number of rotatable bonds is 14. The summed E-state index contributed by atoms with van der Waals surface area (Å²) < 4.78 is 9.13. The van der Waals surface area contributed by atoms with E-state index in [1.165, 1.54) is 30.9 Å². The third kappa shape index (κ3) is 9.12. The molecule has 14 nitrogen and oxygen atoms in total. The predicted molar refractivity (Wildman–Crippen MR) is 191 cm³/mol. The van der Waals surface area contributed by atoms with Crippen molar-refractivity contribution in [2.45, 2.75) is 59.0 Å². The Morgan fingerprint density at radius 1 is 0.706 bits per heavy atom. The number of alkyl carbamates (subject to hydrolysis) is 2. The number of nitrogens with zero attached hydrogens (tertiary/aromatic N) is 4. The maximum Gasteiger partial charge on any atom is 0.407 e. The fourth-order valence-electron chi connectivity index (χ4n) is 6.35. The smallest absolute Gasteiger partial charge is 0.407 e. The van der Waals surface area contributed by atoms with Crippen LogP contribution in [0.25, 0.3) is 33.6 Å². The van der Waals surface area contributed by atoms with Crippen LogP contribution in [0.4, 0.5) is 9.59 Å². The molecule has 0 unspecified atom stereocenters. The van der Waals surface area contributed by atoms with Crippen LogP contribution >= 0.6 is 0 Å². The molecule has 2 heterocycles. The topological polar surface area (TPSA) is 175 Å². The number of ether oxygens (including phenoxy) is 2. The zero-order chi connectivity index (χ0) is 36.3. The molecule has 2 aromatic heterocycles. The van der Waals surface area contributed by atoms with Crippen molar-refractivity contribution < 1.29 is 28.7 Å². The van der Waals surface area contributed by atoms with Crippen LogP contribution in [0.5, 0.6) is 0 Å². The number of hydrogen-bond donors (Lipinski definition) is 4. The molecule has 2 aromatic carbocycles. The van der Waals surface area contributed by atoms with E-state index >= 15 is 0 Å². The van der Waals surface area contributed by atoms with Crippen LogP contribution in [-0.4, -0.2) is 94.1 Å². The number of aromatic nitrogens is 4. The van der Waals surface area contributed by atoms with Gasteiger partial charge in [-0.1, -0.05) is 43.3 Å². The van der Waals surface area contributed by atoms with Gasteiger partial charge in [-0.25, -0.2) is 19.6 Å². The minimum atomic E-state index is -0.652. The number of benzene rings is 2. The molecule has 1 aliphatic rings. The largest absolute Gasteiger partial charge is 0.453 e. The van der Waals surface area contributed by atoms with E-state index in [4.69, 9.17) is 0 Å².